The second-order valence-electron chi connectivity index (χ2n) is 5.48. The Morgan fingerprint density at radius 1 is 1.16 bits per heavy atom. The molecule has 0 radical (unpaired) electrons. The van der Waals surface area contributed by atoms with Gasteiger partial charge in [-0.1, -0.05) is 37.7 Å². The first-order valence-corrected chi connectivity index (χ1v) is 7.74. The maximum Gasteiger partial charge on any atom is 0.288 e. The van der Waals surface area contributed by atoms with Crippen molar-refractivity contribution < 1.29 is 8.78 Å². The number of halogens is 2. The second-order valence-corrected chi connectivity index (χ2v) is 6.52. The van der Waals surface area contributed by atoms with Gasteiger partial charge in [-0.25, -0.2) is 0 Å². The van der Waals surface area contributed by atoms with E-state index in [-0.39, 0.29) is 0 Å². The van der Waals surface area contributed by atoms with Crippen LogP contribution in [0.1, 0.15) is 33.1 Å². The van der Waals surface area contributed by atoms with Crippen molar-refractivity contribution in [3.05, 3.63) is 24.3 Å². The fourth-order valence-corrected chi connectivity index (χ4v) is 3.29. The fourth-order valence-electron chi connectivity index (χ4n) is 2.68. The third-order valence-electron chi connectivity index (χ3n) is 4.06. The number of hydrogen-bond donors (Lipinski definition) is 1. The van der Waals surface area contributed by atoms with Crippen LogP contribution in [0.25, 0.3) is 0 Å². The number of benzene rings is 1. The van der Waals surface area contributed by atoms with Gasteiger partial charge in [0.15, 0.2) is 0 Å². The molecule has 1 aromatic carbocycles. The van der Waals surface area contributed by atoms with Gasteiger partial charge in [0.1, 0.15) is 0 Å². The normalized spacial score (nSPS) is 27.5. The topological polar surface area (TPSA) is 12.0 Å². The van der Waals surface area contributed by atoms with E-state index in [0.29, 0.717) is 28.6 Å². The van der Waals surface area contributed by atoms with Crippen LogP contribution in [-0.2, 0) is 0 Å². The van der Waals surface area contributed by atoms with Crippen LogP contribution in [0, 0.1) is 11.8 Å². The van der Waals surface area contributed by atoms with E-state index in [1.165, 1.54) is 6.42 Å². The smallest absolute Gasteiger partial charge is 0.288 e. The number of thioether (sulfide) groups is 1. The molecule has 0 bridgehead atoms. The molecule has 1 saturated carbocycles. The van der Waals surface area contributed by atoms with Crippen molar-refractivity contribution in [3.63, 3.8) is 0 Å². The molecule has 1 aliphatic carbocycles. The summed E-state index contributed by atoms with van der Waals surface area (Å²) in [5, 5.41) is 3.45. The molecule has 1 N–H and O–H groups in total. The molecule has 19 heavy (non-hydrogen) atoms. The summed E-state index contributed by atoms with van der Waals surface area (Å²) in [6, 6.07) is 7.76. The number of rotatable bonds is 4. The van der Waals surface area contributed by atoms with Gasteiger partial charge < -0.3 is 5.32 Å². The van der Waals surface area contributed by atoms with Crippen molar-refractivity contribution in [2.75, 3.05) is 5.32 Å². The van der Waals surface area contributed by atoms with Crippen LogP contribution < -0.4 is 5.32 Å². The van der Waals surface area contributed by atoms with E-state index < -0.39 is 5.76 Å². The Labute approximate surface area is 118 Å². The molecule has 1 fully saturated rings. The van der Waals surface area contributed by atoms with Crippen LogP contribution in [-0.4, -0.2) is 11.8 Å². The Morgan fingerprint density at radius 2 is 1.89 bits per heavy atom. The van der Waals surface area contributed by atoms with Crippen molar-refractivity contribution in [2.45, 2.75) is 49.8 Å². The van der Waals surface area contributed by atoms with Gasteiger partial charge >= 0.3 is 0 Å². The van der Waals surface area contributed by atoms with Crippen LogP contribution in [0.5, 0.6) is 0 Å². The van der Waals surface area contributed by atoms with E-state index in [1.807, 2.05) is 18.2 Å². The number of para-hydroxylation sites is 1. The molecule has 1 aliphatic rings. The largest absolute Gasteiger partial charge is 0.381 e. The Kier molecular flexibility index (Phi) is 5.08. The van der Waals surface area contributed by atoms with Gasteiger partial charge in [0, 0.05) is 16.6 Å². The summed E-state index contributed by atoms with van der Waals surface area (Å²) in [5.41, 5.74) is 0.847. The van der Waals surface area contributed by atoms with Gasteiger partial charge in [-0.2, -0.15) is 8.78 Å². The average molecular weight is 285 g/mol. The average Bonchev–Trinajstić information content (AvgIpc) is 2.36. The van der Waals surface area contributed by atoms with Gasteiger partial charge in [0.25, 0.3) is 5.76 Å². The summed E-state index contributed by atoms with van der Waals surface area (Å²) in [7, 11) is 0. The molecule has 2 rings (SSSR count). The zero-order valence-corrected chi connectivity index (χ0v) is 12.2. The van der Waals surface area contributed by atoms with Crippen molar-refractivity contribution in [2.24, 2.45) is 11.8 Å². The minimum absolute atomic E-state index is 0.408. The van der Waals surface area contributed by atoms with Gasteiger partial charge in [-0.15, -0.1) is 0 Å². The van der Waals surface area contributed by atoms with Crippen LogP contribution in [0.2, 0.25) is 0 Å². The summed E-state index contributed by atoms with van der Waals surface area (Å²) >= 11 is 0.619. The van der Waals surface area contributed by atoms with Crippen LogP contribution in [0.3, 0.4) is 0 Å². The molecule has 3 atom stereocenters. The Morgan fingerprint density at radius 3 is 2.58 bits per heavy atom. The number of nitrogens with one attached hydrogen (secondary N) is 1. The van der Waals surface area contributed by atoms with Gasteiger partial charge in [-0.05, 0) is 43.2 Å². The van der Waals surface area contributed by atoms with Crippen molar-refractivity contribution in [3.8, 4) is 0 Å². The Bertz CT molecular complexity index is 411. The summed E-state index contributed by atoms with van der Waals surface area (Å²) in [4.78, 5) is 0.642. The number of alkyl halides is 2. The maximum atomic E-state index is 12.5. The van der Waals surface area contributed by atoms with Gasteiger partial charge in [-0.3, -0.25) is 0 Å². The zero-order chi connectivity index (χ0) is 13.8. The molecular weight excluding hydrogens is 264 g/mol. The lowest BCUT2D eigenvalue weighted by Crippen LogP contribution is -2.30. The van der Waals surface area contributed by atoms with E-state index in [9.17, 15) is 8.78 Å². The summed E-state index contributed by atoms with van der Waals surface area (Å²) in [5.74, 6) is -0.904. The number of anilines is 1. The quantitative estimate of drug-likeness (QED) is 0.759. The molecule has 106 valence electrons. The molecule has 1 nitrogen and oxygen atoms in total. The minimum Gasteiger partial charge on any atom is -0.381 e. The lowest BCUT2D eigenvalue weighted by Gasteiger charge is -2.33. The second kappa shape index (κ2) is 6.60. The highest BCUT2D eigenvalue weighted by molar-refractivity contribution is 7.99. The molecule has 0 aromatic heterocycles. The molecule has 1 aromatic rings. The van der Waals surface area contributed by atoms with E-state index in [0.717, 1.165) is 24.4 Å². The van der Waals surface area contributed by atoms with Gasteiger partial charge in [0.05, 0.1) is 0 Å². The predicted octanol–water partition coefficient (Wildman–Crippen LogP) is 5.24. The monoisotopic (exact) mass is 285 g/mol. The summed E-state index contributed by atoms with van der Waals surface area (Å²) in [6.07, 6.45) is 3.46. The van der Waals surface area contributed by atoms with Crippen LogP contribution >= 0.6 is 11.8 Å². The fraction of sp³-hybridized carbons (Fsp3) is 0.600. The molecule has 4 heteroatoms. The number of hydrogen-bond acceptors (Lipinski definition) is 2. The third kappa shape index (κ3) is 4.10. The summed E-state index contributed by atoms with van der Waals surface area (Å²) in [6.45, 7) is 4.57. The standard InChI is InChI=1S/C15H21F2NS/c1-10-7-8-12(9-11(10)2)18-13-5-3-4-6-14(13)19-15(16)17/h3-6,10-12,15,18H,7-9H2,1-2H3. The molecule has 3 unspecified atom stereocenters. The first-order valence-electron chi connectivity index (χ1n) is 6.86. The van der Waals surface area contributed by atoms with E-state index in [2.05, 4.69) is 19.2 Å². The first-order chi connectivity index (χ1) is 9.06. The zero-order valence-electron chi connectivity index (χ0n) is 11.4. The third-order valence-corrected chi connectivity index (χ3v) is 4.85. The van der Waals surface area contributed by atoms with Crippen molar-refractivity contribution >= 4 is 17.4 Å². The van der Waals surface area contributed by atoms with Gasteiger partial charge in [0.2, 0.25) is 0 Å². The molecule has 0 amide bonds. The van der Waals surface area contributed by atoms with Crippen LogP contribution in [0.4, 0.5) is 14.5 Å². The molecule has 0 saturated heterocycles. The first kappa shape index (κ1) is 14.6. The van der Waals surface area contributed by atoms with Crippen molar-refractivity contribution in [1.29, 1.82) is 0 Å². The van der Waals surface area contributed by atoms with E-state index in [1.54, 1.807) is 6.07 Å². The lowest BCUT2D eigenvalue weighted by atomic mass is 9.79. The molecule has 0 spiro atoms. The van der Waals surface area contributed by atoms with Crippen LogP contribution in [0.15, 0.2) is 29.2 Å². The van der Waals surface area contributed by atoms with E-state index >= 15 is 0 Å². The summed E-state index contributed by atoms with van der Waals surface area (Å²) < 4.78 is 25.1. The Balaban J connectivity index is 2.02. The molecule has 0 heterocycles. The van der Waals surface area contributed by atoms with Crippen molar-refractivity contribution in [1.82, 2.24) is 0 Å². The predicted molar refractivity (Wildman–Crippen MR) is 77.9 cm³/mol. The lowest BCUT2D eigenvalue weighted by molar-refractivity contribution is 0.252. The highest BCUT2D eigenvalue weighted by Gasteiger charge is 2.24. The van der Waals surface area contributed by atoms with E-state index in [4.69, 9.17) is 0 Å². The molecule has 0 aliphatic heterocycles. The minimum atomic E-state index is -2.37. The Hall–Kier alpha value is -0.770. The highest BCUT2D eigenvalue weighted by Crippen LogP contribution is 2.35. The SMILES string of the molecule is CC1CCC(Nc2ccccc2SC(F)F)CC1C. The molecular formula is C15H21F2NS. The maximum absolute atomic E-state index is 12.5. The highest BCUT2D eigenvalue weighted by atomic mass is 32.2.